The number of nitrogens with two attached hydrogens (primary N) is 1. The van der Waals surface area contributed by atoms with Gasteiger partial charge in [-0.05, 0) is 42.0 Å². The van der Waals surface area contributed by atoms with E-state index in [9.17, 15) is 9.59 Å². The van der Waals surface area contributed by atoms with Gasteiger partial charge in [-0.25, -0.2) is 0 Å². The molecule has 2 amide bonds. The number of hydrogen-bond acceptors (Lipinski definition) is 4. The summed E-state index contributed by atoms with van der Waals surface area (Å²) in [5.41, 5.74) is 6.81. The van der Waals surface area contributed by atoms with Crippen molar-refractivity contribution in [3.05, 3.63) is 72.3 Å². The standard InChI is InChI=1S/C20H20N2O4/c1-3-11-26-17-9-7-14(12-18(17)25-2)8-10-19(23)22-16-6-4-5-15(13-16)20(21)24/h3-10,12-13H,1,11H2,2H3,(H2,21,24)(H,22,23)/b10-8+. The maximum Gasteiger partial charge on any atom is 0.248 e. The van der Waals surface area contributed by atoms with Gasteiger partial charge in [-0.15, -0.1) is 0 Å². The van der Waals surface area contributed by atoms with Gasteiger partial charge in [0.15, 0.2) is 11.5 Å². The highest BCUT2D eigenvalue weighted by Gasteiger charge is 2.05. The fourth-order valence-electron chi connectivity index (χ4n) is 2.16. The van der Waals surface area contributed by atoms with Gasteiger partial charge in [-0.3, -0.25) is 9.59 Å². The minimum absolute atomic E-state index is 0.326. The summed E-state index contributed by atoms with van der Waals surface area (Å²) in [6, 6.07) is 11.7. The molecule has 0 saturated heterocycles. The lowest BCUT2D eigenvalue weighted by molar-refractivity contribution is -0.111. The molecule has 0 aliphatic rings. The number of carbonyl (C=O) groups is 2. The van der Waals surface area contributed by atoms with Crippen LogP contribution in [0.15, 0.2) is 61.2 Å². The monoisotopic (exact) mass is 352 g/mol. The topological polar surface area (TPSA) is 90.6 Å². The Kier molecular flexibility index (Phi) is 6.56. The number of amides is 2. The number of rotatable bonds is 8. The molecule has 3 N–H and O–H groups in total. The molecular formula is C20H20N2O4. The van der Waals surface area contributed by atoms with Gasteiger partial charge < -0.3 is 20.5 Å². The van der Waals surface area contributed by atoms with E-state index < -0.39 is 5.91 Å². The molecule has 0 bridgehead atoms. The molecule has 0 spiro atoms. The number of nitrogens with one attached hydrogen (secondary N) is 1. The van der Waals surface area contributed by atoms with E-state index in [0.717, 1.165) is 5.56 Å². The molecule has 6 nitrogen and oxygen atoms in total. The number of carbonyl (C=O) groups excluding carboxylic acids is 2. The summed E-state index contributed by atoms with van der Waals surface area (Å²) >= 11 is 0. The fourth-order valence-corrected chi connectivity index (χ4v) is 2.16. The molecule has 0 heterocycles. The van der Waals surface area contributed by atoms with Crippen LogP contribution in [0.2, 0.25) is 0 Å². The zero-order valence-electron chi connectivity index (χ0n) is 14.4. The van der Waals surface area contributed by atoms with Crippen LogP contribution >= 0.6 is 0 Å². The highest BCUT2D eigenvalue weighted by Crippen LogP contribution is 2.28. The maximum absolute atomic E-state index is 12.0. The lowest BCUT2D eigenvalue weighted by Gasteiger charge is -2.09. The van der Waals surface area contributed by atoms with E-state index in [4.69, 9.17) is 15.2 Å². The van der Waals surface area contributed by atoms with Crippen molar-refractivity contribution >= 4 is 23.6 Å². The van der Waals surface area contributed by atoms with Crippen LogP contribution < -0.4 is 20.5 Å². The Morgan fingerprint density at radius 2 is 2.00 bits per heavy atom. The zero-order valence-corrected chi connectivity index (χ0v) is 14.4. The second-order valence-electron chi connectivity index (χ2n) is 5.28. The third kappa shape index (κ3) is 5.24. The molecule has 0 aliphatic heterocycles. The Bertz CT molecular complexity index is 843. The number of methoxy groups -OCH3 is 1. The Hall–Kier alpha value is -3.54. The summed E-state index contributed by atoms with van der Waals surface area (Å²) in [5.74, 6) is 0.265. The normalized spacial score (nSPS) is 10.3. The number of benzene rings is 2. The van der Waals surface area contributed by atoms with Crippen LogP contribution in [0.4, 0.5) is 5.69 Å². The van der Waals surface area contributed by atoms with E-state index >= 15 is 0 Å². The van der Waals surface area contributed by atoms with Crippen molar-refractivity contribution in [2.75, 3.05) is 19.0 Å². The molecule has 2 aromatic carbocycles. The van der Waals surface area contributed by atoms with Crippen LogP contribution in [0.3, 0.4) is 0 Å². The quantitative estimate of drug-likeness (QED) is 0.564. The second kappa shape index (κ2) is 9.08. The molecule has 2 rings (SSSR count). The van der Waals surface area contributed by atoms with Crippen molar-refractivity contribution in [2.24, 2.45) is 5.73 Å². The van der Waals surface area contributed by atoms with E-state index in [1.54, 1.807) is 55.7 Å². The summed E-state index contributed by atoms with van der Waals surface area (Å²) < 4.78 is 10.8. The van der Waals surface area contributed by atoms with Gasteiger partial charge in [0.1, 0.15) is 6.61 Å². The molecule has 2 aromatic rings. The predicted molar refractivity (Wildman–Crippen MR) is 101 cm³/mol. The molecule has 134 valence electrons. The third-order valence-corrected chi connectivity index (χ3v) is 3.39. The number of hydrogen-bond donors (Lipinski definition) is 2. The summed E-state index contributed by atoms with van der Waals surface area (Å²) in [6.45, 7) is 3.97. The van der Waals surface area contributed by atoms with E-state index in [-0.39, 0.29) is 5.91 Å². The minimum atomic E-state index is -0.553. The fraction of sp³-hybridized carbons (Fsp3) is 0.100. The van der Waals surface area contributed by atoms with Gasteiger partial charge in [0, 0.05) is 17.3 Å². The third-order valence-electron chi connectivity index (χ3n) is 3.39. The van der Waals surface area contributed by atoms with Crippen molar-refractivity contribution < 1.29 is 19.1 Å². The van der Waals surface area contributed by atoms with Gasteiger partial charge in [0.05, 0.1) is 7.11 Å². The average molecular weight is 352 g/mol. The lowest BCUT2D eigenvalue weighted by atomic mass is 10.1. The van der Waals surface area contributed by atoms with Crippen molar-refractivity contribution in [3.63, 3.8) is 0 Å². The number of anilines is 1. The Morgan fingerprint density at radius 3 is 2.69 bits per heavy atom. The van der Waals surface area contributed by atoms with Gasteiger partial charge in [-0.2, -0.15) is 0 Å². The maximum atomic E-state index is 12.0. The lowest BCUT2D eigenvalue weighted by Crippen LogP contribution is -2.12. The first-order valence-corrected chi connectivity index (χ1v) is 7.84. The van der Waals surface area contributed by atoms with E-state index in [0.29, 0.717) is 29.4 Å². The highest BCUT2D eigenvalue weighted by atomic mass is 16.5. The smallest absolute Gasteiger partial charge is 0.248 e. The first-order chi connectivity index (χ1) is 12.5. The second-order valence-corrected chi connectivity index (χ2v) is 5.28. The molecule has 0 fully saturated rings. The molecule has 0 unspecified atom stereocenters. The van der Waals surface area contributed by atoms with Crippen LogP contribution in [-0.4, -0.2) is 25.5 Å². The zero-order chi connectivity index (χ0) is 18.9. The molecule has 0 aliphatic carbocycles. The van der Waals surface area contributed by atoms with Gasteiger partial charge in [-0.1, -0.05) is 24.8 Å². The molecule has 0 saturated carbocycles. The van der Waals surface area contributed by atoms with Crippen LogP contribution in [-0.2, 0) is 4.79 Å². The Balaban J connectivity index is 2.06. The van der Waals surface area contributed by atoms with Crippen LogP contribution in [0, 0.1) is 0 Å². The number of primary amides is 1. The summed E-state index contributed by atoms with van der Waals surface area (Å²) in [5, 5.41) is 2.67. The van der Waals surface area contributed by atoms with E-state index in [2.05, 4.69) is 11.9 Å². The Labute approximate surface area is 151 Å². The minimum Gasteiger partial charge on any atom is -0.493 e. The predicted octanol–water partition coefficient (Wildman–Crippen LogP) is 3.01. The molecule has 0 atom stereocenters. The van der Waals surface area contributed by atoms with Crippen LogP contribution in [0.25, 0.3) is 6.08 Å². The van der Waals surface area contributed by atoms with Gasteiger partial charge >= 0.3 is 0 Å². The first-order valence-electron chi connectivity index (χ1n) is 7.84. The summed E-state index contributed by atoms with van der Waals surface area (Å²) in [6.07, 6.45) is 4.67. The largest absolute Gasteiger partial charge is 0.493 e. The summed E-state index contributed by atoms with van der Waals surface area (Å²) in [4.78, 5) is 23.2. The molecule has 0 radical (unpaired) electrons. The van der Waals surface area contributed by atoms with Crippen molar-refractivity contribution in [1.82, 2.24) is 0 Å². The highest BCUT2D eigenvalue weighted by molar-refractivity contribution is 6.03. The molecule has 0 aromatic heterocycles. The Morgan fingerprint density at radius 1 is 1.19 bits per heavy atom. The number of ether oxygens (including phenoxy) is 2. The van der Waals surface area contributed by atoms with Crippen LogP contribution in [0.5, 0.6) is 11.5 Å². The van der Waals surface area contributed by atoms with Crippen molar-refractivity contribution in [1.29, 1.82) is 0 Å². The van der Waals surface area contributed by atoms with Crippen molar-refractivity contribution in [2.45, 2.75) is 0 Å². The van der Waals surface area contributed by atoms with Crippen molar-refractivity contribution in [3.8, 4) is 11.5 Å². The van der Waals surface area contributed by atoms with E-state index in [1.807, 2.05) is 0 Å². The van der Waals surface area contributed by atoms with Crippen LogP contribution in [0.1, 0.15) is 15.9 Å². The average Bonchev–Trinajstić information content (AvgIpc) is 2.65. The molecule has 6 heteroatoms. The first kappa shape index (κ1) is 18.8. The van der Waals surface area contributed by atoms with Gasteiger partial charge in [0.2, 0.25) is 11.8 Å². The molecular weight excluding hydrogens is 332 g/mol. The summed E-state index contributed by atoms with van der Waals surface area (Å²) in [7, 11) is 1.54. The molecule has 26 heavy (non-hydrogen) atoms. The van der Waals surface area contributed by atoms with E-state index in [1.165, 1.54) is 12.1 Å². The van der Waals surface area contributed by atoms with Gasteiger partial charge in [0.25, 0.3) is 0 Å². The SMILES string of the molecule is C=CCOc1ccc(/C=C/C(=O)Nc2cccc(C(N)=O)c2)cc1OC.